The molecule has 0 heteroatoms. The molecule has 0 radical (unpaired) electrons. The van der Waals surface area contributed by atoms with Crippen molar-refractivity contribution >= 4 is 0 Å². The molecule has 0 spiro atoms. The van der Waals surface area contributed by atoms with Crippen LogP contribution in [-0.4, -0.2) is 0 Å². The Balaban J connectivity index is 0. The maximum atomic E-state index is 3.79. The zero-order chi connectivity index (χ0) is 12.1. The largest absolute Gasteiger partial charge is 0.0984 e. The van der Waals surface area contributed by atoms with Crippen LogP contribution in [0.2, 0.25) is 0 Å². The minimum absolute atomic E-state index is 1.15. The molecular formula is C15H24. The average molecular weight is 204 g/mol. The van der Waals surface area contributed by atoms with Crippen LogP contribution in [0.5, 0.6) is 0 Å². The van der Waals surface area contributed by atoms with Gasteiger partial charge in [0.05, 0.1) is 0 Å². The lowest BCUT2D eigenvalue weighted by atomic mass is 10.1. The van der Waals surface area contributed by atoms with Crippen molar-refractivity contribution in [2.75, 3.05) is 0 Å². The lowest BCUT2D eigenvalue weighted by Gasteiger charge is -2.00. The lowest BCUT2D eigenvalue weighted by molar-refractivity contribution is 1.49. The molecule has 0 aromatic rings. The van der Waals surface area contributed by atoms with Crippen LogP contribution in [0, 0.1) is 0 Å². The van der Waals surface area contributed by atoms with E-state index in [2.05, 4.69) is 24.8 Å². The Morgan fingerprint density at radius 3 is 1.87 bits per heavy atom. The SMILES string of the molecule is C=CC(=C\C=C/C)/C(/C=C\C)=C/C.CC. The number of rotatable bonds is 4. The van der Waals surface area contributed by atoms with Gasteiger partial charge in [-0.2, -0.15) is 0 Å². The second kappa shape index (κ2) is 12.7. The maximum Gasteiger partial charge on any atom is -0.0193 e. The molecule has 84 valence electrons. The fourth-order valence-corrected chi connectivity index (χ4v) is 1.02. The van der Waals surface area contributed by atoms with Gasteiger partial charge in [0.15, 0.2) is 0 Å². The quantitative estimate of drug-likeness (QED) is 0.550. The summed E-state index contributed by atoms with van der Waals surface area (Å²) < 4.78 is 0. The van der Waals surface area contributed by atoms with Crippen molar-refractivity contribution < 1.29 is 0 Å². The highest BCUT2D eigenvalue weighted by molar-refractivity contribution is 5.46. The Hall–Kier alpha value is -1.30. The summed E-state index contributed by atoms with van der Waals surface area (Å²) in [5.74, 6) is 0. The molecule has 0 saturated carbocycles. The summed E-state index contributed by atoms with van der Waals surface area (Å²) in [5, 5.41) is 0. The summed E-state index contributed by atoms with van der Waals surface area (Å²) in [7, 11) is 0. The van der Waals surface area contributed by atoms with Crippen LogP contribution in [-0.2, 0) is 0 Å². The van der Waals surface area contributed by atoms with Gasteiger partial charge in [-0.1, -0.05) is 63.0 Å². The molecule has 0 aliphatic heterocycles. The van der Waals surface area contributed by atoms with E-state index in [0.29, 0.717) is 0 Å². The van der Waals surface area contributed by atoms with Gasteiger partial charge in [-0.15, -0.1) is 0 Å². The first kappa shape index (κ1) is 16.1. The second-order valence-electron chi connectivity index (χ2n) is 2.60. The van der Waals surface area contributed by atoms with Gasteiger partial charge in [0.2, 0.25) is 0 Å². The van der Waals surface area contributed by atoms with E-state index >= 15 is 0 Å². The normalized spacial score (nSPS) is 12.9. The Labute approximate surface area is 95.4 Å². The van der Waals surface area contributed by atoms with Gasteiger partial charge in [0.25, 0.3) is 0 Å². The summed E-state index contributed by atoms with van der Waals surface area (Å²) in [6.07, 6.45) is 14.1. The zero-order valence-corrected chi connectivity index (χ0v) is 10.7. The maximum absolute atomic E-state index is 3.79. The molecule has 0 aromatic heterocycles. The molecule has 0 fully saturated rings. The number of allylic oxidation sites excluding steroid dienone is 9. The third-order valence-corrected chi connectivity index (χ3v) is 1.68. The van der Waals surface area contributed by atoms with Crippen LogP contribution in [0.1, 0.15) is 34.6 Å². The molecule has 0 aromatic carbocycles. The van der Waals surface area contributed by atoms with Gasteiger partial charge in [-0.25, -0.2) is 0 Å². The molecule has 0 N–H and O–H groups in total. The van der Waals surface area contributed by atoms with Crippen molar-refractivity contribution in [3.63, 3.8) is 0 Å². The highest BCUT2D eigenvalue weighted by Crippen LogP contribution is 2.12. The molecular weight excluding hydrogens is 180 g/mol. The Bertz CT molecular complexity index is 260. The smallest absolute Gasteiger partial charge is 0.0193 e. The first-order chi connectivity index (χ1) is 7.29. The van der Waals surface area contributed by atoms with Gasteiger partial charge in [0.1, 0.15) is 0 Å². The monoisotopic (exact) mass is 204 g/mol. The van der Waals surface area contributed by atoms with E-state index in [-0.39, 0.29) is 0 Å². The van der Waals surface area contributed by atoms with Crippen LogP contribution >= 0.6 is 0 Å². The van der Waals surface area contributed by atoms with Crippen molar-refractivity contribution in [2.24, 2.45) is 0 Å². The molecule has 0 nitrogen and oxygen atoms in total. The molecule has 0 atom stereocenters. The fraction of sp³-hybridized carbons (Fsp3) is 0.333. The highest BCUT2D eigenvalue weighted by atomic mass is 14.0. The average Bonchev–Trinajstić information content (AvgIpc) is 2.31. The van der Waals surface area contributed by atoms with Crippen LogP contribution < -0.4 is 0 Å². The van der Waals surface area contributed by atoms with Crippen molar-refractivity contribution in [3.8, 4) is 0 Å². The van der Waals surface area contributed by atoms with Gasteiger partial charge in [-0.3, -0.25) is 0 Å². The van der Waals surface area contributed by atoms with Crippen LogP contribution in [0.3, 0.4) is 0 Å². The van der Waals surface area contributed by atoms with Crippen molar-refractivity contribution in [2.45, 2.75) is 34.6 Å². The Kier molecular flexibility index (Phi) is 13.7. The molecule has 0 aliphatic carbocycles. The molecule has 0 amide bonds. The molecule has 0 rings (SSSR count). The van der Waals surface area contributed by atoms with Crippen LogP contribution in [0.4, 0.5) is 0 Å². The highest BCUT2D eigenvalue weighted by Gasteiger charge is 1.93. The molecule has 0 saturated heterocycles. The standard InChI is InChI=1S/C13H18.C2H6/c1-5-9-11-13(8-4)12(7-3)10-6-2;1-2/h5-11H,4H2,1-3H3;1-2H3/b9-5-,10-6-,12-7+,13-11+;. The van der Waals surface area contributed by atoms with Crippen molar-refractivity contribution in [3.05, 3.63) is 60.3 Å². The van der Waals surface area contributed by atoms with Crippen molar-refractivity contribution in [1.29, 1.82) is 0 Å². The third-order valence-electron chi connectivity index (χ3n) is 1.68. The van der Waals surface area contributed by atoms with E-state index in [1.807, 2.05) is 58.9 Å². The molecule has 0 unspecified atom stereocenters. The molecule has 0 bridgehead atoms. The third kappa shape index (κ3) is 7.75. The zero-order valence-electron chi connectivity index (χ0n) is 10.7. The van der Waals surface area contributed by atoms with E-state index in [1.54, 1.807) is 0 Å². The summed E-state index contributed by atoms with van der Waals surface area (Å²) in [6.45, 7) is 13.8. The Morgan fingerprint density at radius 2 is 1.53 bits per heavy atom. The first-order valence-corrected chi connectivity index (χ1v) is 5.54. The number of hydrogen-bond donors (Lipinski definition) is 0. The van der Waals surface area contributed by atoms with E-state index in [9.17, 15) is 0 Å². The van der Waals surface area contributed by atoms with Crippen LogP contribution in [0.25, 0.3) is 0 Å². The van der Waals surface area contributed by atoms with E-state index < -0.39 is 0 Å². The van der Waals surface area contributed by atoms with Gasteiger partial charge in [0, 0.05) is 0 Å². The minimum atomic E-state index is 1.15. The molecule has 0 aliphatic rings. The Morgan fingerprint density at radius 1 is 0.933 bits per heavy atom. The minimum Gasteiger partial charge on any atom is -0.0984 e. The molecule has 0 heterocycles. The van der Waals surface area contributed by atoms with E-state index in [1.165, 1.54) is 5.57 Å². The van der Waals surface area contributed by atoms with E-state index in [0.717, 1.165) is 5.57 Å². The topological polar surface area (TPSA) is 0 Å². The van der Waals surface area contributed by atoms with Gasteiger partial charge < -0.3 is 0 Å². The van der Waals surface area contributed by atoms with Crippen LogP contribution in [0.15, 0.2) is 60.3 Å². The molecule has 15 heavy (non-hydrogen) atoms. The van der Waals surface area contributed by atoms with E-state index in [4.69, 9.17) is 0 Å². The summed E-state index contributed by atoms with van der Waals surface area (Å²) >= 11 is 0. The lowest BCUT2D eigenvalue weighted by Crippen LogP contribution is -1.80. The summed E-state index contributed by atoms with van der Waals surface area (Å²) in [4.78, 5) is 0. The second-order valence-corrected chi connectivity index (χ2v) is 2.60. The first-order valence-electron chi connectivity index (χ1n) is 5.54. The fourth-order valence-electron chi connectivity index (χ4n) is 1.02. The predicted molar refractivity (Wildman–Crippen MR) is 73.0 cm³/mol. The number of hydrogen-bond acceptors (Lipinski definition) is 0. The van der Waals surface area contributed by atoms with Gasteiger partial charge >= 0.3 is 0 Å². The predicted octanol–water partition coefficient (Wildman–Crippen LogP) is 5.22. The van der Waals surface area contributed by atoms with Crippen molar-refractivity contribution in [1.82, 2.24) is 0 Å². The van der Waals surface area contributed by atoms with Gasteiger partial charge in [-0.05, 0) is 31.9 Å². The summed E-state index contributed by atoms with van der Waals surface area (Å²) in [5.41, 5.74) is 2.36. The summed E-state index contributed by atoms with van der Waals surface area (Å²) in [6, 6.07) is 0.